The van der Waals surface area contributed by atoms with Crippen LogP contribution < -0.4 is 10.9 Å². The average molecular weight is 503 g/mol. The summed E-state index contributed by atoms with van der Waals surface area (Å²) in [7, 11) is 0. The van der Waals surface area contributed by atoms with Gasteiger partial charge >= 0.3 is 0 Å². The number of rotatable bonds is 7. The van der Waals surface area contributed by atoms with Crippen LogP contribution in [-0.2, 0) is 30.7 Å². The van der Waals surface area contributed by atoms with Gasteiger partial charge in [-0.3, -0.25) is 19.1 Å². The largest absolute Gasteiger partial charge is 0.324 e. The Bertz CT molecular complexity index is 1170. The molecular weight excluding hydrogens is 476 g/mol. The molecular formula is C23H27BrN4O2S. The number of anilines is 1. The van der Waals surface area contributed by atoms with Crippen molar-refractivity contribution in [2.75, 3.05) is 18.4 Å². The highest BCUT2D eigenvalue weighted by molar-refractivity contribution is 9.10. The van der Waals surface area contributed by atoms with Crippen LogP contribution in [0.2, 0.25) is 0 Å². The van der Waals surface area contributed by atoms with Crippen molar-refractivity contribution in [1.29, 1.82) is 0 Å². The zero-order valence-electron chi connectivity index (χ0n) is 17.9. The summed E-state index contributed by atoms with van der Waals surface area (Å²) in [4.78, 5) is 35.7. The number of nitrogens with one attached hydrogen (secondary N) is 1. The van der Waals surface area contributed by atoms with Crippen molar-refractivity contribution in [3.05, 3.63) is 55.4 Å². The molecule has 1 N–H and O–H groups in total. The fraction of sp³-hybridized carbons (Fsp3) is 0.435. The number of carbonyl (C=O) groups excluding carboxylic acids is 1. The normalized spacial score (nSPS) is 13.5. The smallest absolute Gasteiger partial charge is 0.263 e. The third kappa shape index (κ3) is 4.61. The molecule has 0 atom stereocenters. The van der Waals surface area contributed by atoms with E-state index >= 15 is 0 Å². The average Bonchev–Trinajstić information content (AvgIpc) is 3.14. The van der Waals surface area contributed by atoms with Gasteiger partial charge in [-0.05, 0) is 72.4 Å². The number of nitrogens with zero attached hydrogens (tertiary/aromatic N) is 3. The fourth-order valence-corrected chi connectivity index (χ4v) is 5.76. The molecule has 6 nitrogen and oxygen atoms in total. The minimum Gasteiger partial charge on any atom is -0.324 e. The van der Waals surface area contributed by atoms with Gasteiger partial charge in [0.15, 0.2) is 0 Å². The minimum atomic E-state index is -0.236. The van der Waals surface area contributed by atoms with Crippen molar-refractivity contribution in [2.24, 2.45) is 0 Å². The standard InChI is InChI=1S/C23H27BrN4O2S/c1-3-27(4-2)13-19-26-22-21(15-9-5-8-12-18(15)31-22)23(30)28(19)14-20(29)25-17-11-7-6-10-16(17)24/h6-7,10-11H,3-5,8-9,12-14H2,1-2H3,(H,25,29). The Morgan fingerprint density at radius 3 is 2.71 bits per heavy atom. The molecule has 0 aliphatic heterocycles. The Morgan fingerprint density at radius 1 is 1.23 bits per heavy atom. The summed E-state index contributed by atoms with van der Waals surface area (Å²) >= 11 is 5.11. The molecule has 4 rings (SSSR count). The molecule has 0 bridgehead atoms. The number of hydrogen-bond acceptors (Lipinski definition) is 5. The lowest BCUT2D eigenvalue weighted by Crippen LogP contribution is -2.34. The number of amides is 1. The SMILES string of the molecule is CCN(CC)Cc1nc2sc3c(c2c(=O)n1CC(=O)Nc1ccccc1Br)CCCC3. The molecule has 0 unspecified atom stereocenters. The molecule has 2 aromatic heterocycles. The van der Waals surface area contributed by atoms with Crippen molar-refractivity contribution < 1.29 is 4.79 Å². The second kappa shape index (κ2) is 9.63. The zero-order valence-corrected chi connectivity index (χ0v) is 20.3. The first-order valence-electron chi connectivity index (χ1n) is 10.8. The lowest BCUT2D eigenvalue weighted by Gasteiger charge is -2.20. The van der Waals surface area contributed by atoms with Crippen molar-refractivity contribution in [3.63, 3.8) is 0 Å². The monoisotopic (exact) mass is 502 g/mol. The van der Waals surface area contributed by atoms with E-state index in [0.717, 1.165) is 59.0 Å². The van der Waals surface area contributed by atoms with Crippen LogP contribution in [0.1, 0.15) is 43.0 Å². The maximum absolute atomic E-state index is 13.6. The third-order valence-electron chi connectivity index (χ3n) is 5.86. The van der Waals surface area contributed by atoms with E-state index in [0.29, 0.717) is 18.1 Å². The summed E-state index contributed by atoms with van der Waals surface area (Å²) in [6.07, 6.45) is 4.20. The minimum absolute atomic E-state index is 0.0513. The van der Waals surface area contributed by atoms with Gasteiger partial charge in [0.25, 0.3) is 5.56 Å². The topological polar surface area (TPSA) is 67.2 Å². The van der Waals surface area contributed by atoms with Crippen LogP contribution >= 0.6 is 27.3 Å². The molecule has 2 heterocycles. The number of hydrogen-bond donors (Lipinski definition) is 1. The van der Waals surface area contributed by atoms with Crippen LogP contribution in [0.25, 0.3) is 10.2 Å². The summed E-state index contributed by atoms with van der Waals surface area (Å²) in [5, 5.41) is 3.63. The summed E-state index contributed by atoms with van der Waals surface area (Å²) < 4.78 is 2.38. The van der Waals surface area contributed by atoms with Crippen LogP contribution in [0.3, 0.4) is 0 Å². The number of thiophene rings is 1. The third-order valence-corrected chi connectivity index (χ3v) is 7.74. The molecule has 31 heavy (non-hydrogen) atoms. The number of carbonyl (C=O) groups is 1. The van der Waals surface area contributed by atoms with Crippen molar-refractivity contribution in [1.82, 2.24) is 14.5 Å². The maximum Gasteiger partial charge on any atom is 0.263 e. The lowest BCUT2D eigenvalue weighted by atomic mass is 9.97. The fourth-order valence-electron chi connectivity index (χ4n) is 4.11. The van der Waals surface area contributed by atoms with E-state index in [1.807, 2.05) is 24.3 Å². The van der Waals surface area contributed by atoms with E-state index in [-0.39, 0.29) is 18.0 Å². The van der Waals surface area contributed by atoms with Gasteiger partial charge in [0.1, 0.15) is 17.2 Å². The molecule has 1 aliphatic carbocycles. The number of para-hydroxylation sites is 1. The van der Waals surface area contributed by atoms with Crippen LogP contribution in [0, 0.1) is 0 Å². The van der Waals surface area contributed by atoms with Crippen molar-refractivity contribution in [2.45, 2.75) is 52.6 Å². The summed E-state index contributed by atoms with van der Waals surface area (Å²) in [6.45, 7) is 6.39. The van der Waals surface area contributed by atoms with Gasteiger partial charge in [-0.25, -0.2) is 4.98 Å². The molecule has 0 fully saturated rings. The molecule has 8 heteroatoms. The second-order valence-electron chi connectivity index (χ2n) is 7.80. The summed E-state index contributed by atoms with van der Waals surface area (Å²) in [6, 6.07) is 7.46. The van der Waals surface area contributed by atoms with Gasteiger partial charge in [0, 0.05) is 9.35 Å². The zero-order chi connectivity index (χ0) is 22.0. The number of aromatic nitrogens is 2. The molecule has 1 aromatic carbocycles. The van der Waals surface area contributed by atoms with Gasteiger partial charge < -0.3 is 5.32 Å². The number of aryl methyl sites for hydroxylation is 2. The Morgan fingerprint density at radius 2 is 1.97 bits per heavy atom. The van der Waals surface area contributed by atoms with E-state index in [1.54, 1.807) is 15.9 Å². The number of fused-ring (bicyclic) bond motifs is 3. The van der Waals surface area contributed by atoms with Gasteiger partial charge in [0.2, 0.25) is 5.91 Å². The molecule has 164 valence electrons. The summed E-state index contributed by atoms with van der Waals surface area (Å²) in [5.41, 5.74) is 1.75. The van der Waals surface area contributed by atoms with E-state index in [2.05, 4.69) is 40.0 Å². The van der Waals surface area contributed by atoms with E-state index in [1.165, 1.54) is 4.88 Å². The quantitative estimate of drug-likeness (QED) is 0.513. The predicted octanol–water partition coefficient (Wildman–Crippen LogP) is 4.58. The number of benzene rings is 1. The van der Waals surface area contributed by atoms with Crippen LogP contribution in [0.5, 0.6) is 0 Å². The van der Waals surface area contributed by atoms with E-state index in [4.69, 9.17) is 4.98 Å². The van der Waals surface area contributed by atoms with Crippen LogP contribution in [-0.4, -0.2) is 33.4 Å². The Kier molecular flexibility index (Phi) is 6.89. The first kappa shape index (κ1) is 22.2. The molecule has 0 saturated carbocycles. The first-order chi connectivity index (χ1) is 15.0. The lowest BCUT2D eigenvalue weighted by molar-refractivity contribution is -0.116. The van der Waals surface area contributed by atoms with Gasteiger partial charge in [-0.15, -0.1) is 11.3 Å². The van der Waals surface area contributed by atoms with Crippen LogP contribution in [0.15, 0.2) is 33.5 Å². The second-order valence-corrected chi connectivity index (χ2v) is 9.74. The predicted molar refractivity (Wildman–Crippen MR) is 130 cm³/mol. The highest BCUT2D eigenvalue weighted by Gasteiger charge is 2.23. The first-order valence-corrected chi connectivity index (χ1v) is 12.4. The van der Waals surface area contributed by atoms with Crippen LogP contribution in [0.4, 0.5) is 5.69 Å². The van der Waals surface area contributed by atoms with Crippen molar-refractivity contribution >= 4 is 49.1 Å². The summed E-state index contributed by atoms with van der Waals surface area (Å²) in [5.74, 6) is 0.419. The van der Waals surface area contributed by atoms with Crippen molar-refractivity contribution in [3.8, 4) is 0 Å². The Labute approximate surface area is 194 Å². The Balaban J connectivity index is 1.75. The molecule has 0 spiro atoms. The van der Waals surface area contributed by atoms with Gasteiger partial charge in [-0.2, -0.15) is 0 Å². The molecule has 1 amide bonds. The Hall–Kier alpha value is -2.03. The number of halogens is 1. The highest BCUT2D eigenvalue weighted by Crippen LogP contribution is 2.34. The molecule has 1 aliphatic rings. The maximum atomic E-state index is 13.6. The van der Waals surface area contributed by atoms with E-state index < -0.39 is 0 Å². The van der Waals surface area contributed by atoms with Gasteiger partial charge in [-0.1, -0.05) is 26.0 Å². The molecule has 0 saturated heterocycles. The molecule has 0 radical (unpaired) electrons. The highest BCUT2D eigenvalue weighted by atomic mass is 79.9. The van der Waals surface area contributed by atoms with Gasteiger partial charge in [0.05, 0.1) is 17.6 Å². The molecule has 3 aromatic rings. The van der Waals surface area contributed by atoms with E-state index in [9.17, 15) is 9.59 Å².